The normalized spacial score (nSPS) is 11.2. The third-order valence-electron chi connectivity index (χ3n) is 2.55. The molecule has 2 rings (SSSR count). The summed E-state index contributed by atoms with van der Waals surface area (Å²) in [7, 11) is 0. The van der Waals surface area contributed by atoms with Crippen molar-refractivity contribution in [3.05, 3.63) is 64.2 Å². The molecule has 8 heteroatoms. The molecular weight excluding hydrogens is 305 g/mol. The molecular formula is C13H9F3N2O2S. The topological polar surface area (TPSA) is 55.2 Å². The molecule has 1 N–H and O–H groups in total. The molecule has 2 aromatic rings. The van der Waals surface area contributed by atoms with Gasteiger partial charge in [-0.3, -0.25) is 10.1 Å². The summed E-state index contributed by atoms with van der Waals surface area (Å²) in [6.45, 7) is 0. The summed E-state index contributed by atoms with van der Waals surface area (Å²) in [6, 6.07) is 10.5. The number of alkyl halides is 3. The number of nitro benzene ring substituents is 1. The first-order valence-electron chi connectivity index (χ1n) is 5.71. The molecule has 0 heterocycles. The Morgan fingerprint density at radius 2 is 1.67 bits per heavy atom. The van der Waals surface area contributed by atoms with Crippen LogP contribution in [0.3, 0.4) is 0 Å². The van der Waals surface area contributed by atoms with Crippen LogP contribution in [-0.2, 0) is 6.18 Å². The van der Waals surface area contributed by atoms with Gasteiger partial charge < -0.3 is 4.72 Å². The minimum absolute atomic E-state index is 0.0677. The summed E-state index contributed by atoms with van der Waals surface area (Å²) in [5, 5.41) is 10.8. The Hall–Kier alpha value is -2.22. The number of benzene rings is 2. The van der Waals surface area contributed by atoms with Gasteiger partial charge in [-0.05, 0) is 42.3 Å². The lowest BCUT2D eigenvalue weighted by molar-refractivity contribution is -0.387. The van der Waals surface area contributed by atoms with Crippen molar-refractivity contribution < 1.29 is 18.1 Å². The number of nitrogens with zero attached hydrogens (tertiary/aromatic N) is 1. The van der Waals surface area contributed by atoms with E-state index in [2.05, 4.69) is 4.72 Å². The summed E-state index contributed by atoms with van der Waals surface area (Å²) in [5.74, 6) is 0. The van der Waals surface area contributed by atoms with Crippen LogP contribution in [0, 0.1) is 10.1 Å². The fourth-order valence-electron chi connectivity index (χ4n) is 1.54. The Kier molecular flexibility index (Phi) is 4.37. The van der Waals surface area contributed by atoms with Crippen LogP contribution in [0.15, 0.2) is 53.4 Å². The van der Waals surface area contributed by atoms with Gasteiger partial charge in [0.25, 0.3) is 5.69 Å². The Labute approximate surface area is 122 Å². The summed E-state index contributed by atoms with van der Waals surface area (Å²) in [5.41, 5.74) is -0.392. The summed E-state index contributed by atoms with van der Waals surface area (Å²) < 4.78 is 40.0. The van der Waals surface area contributed by atoms with E-state index in [1.807, 2.05) is 0 Å². The fraction of sp³-hybridized carbons (Fsp3) is 0.0769. The summed E-state index contributed by atoms with van der Waals surface area (Å²) >= 11 is 0.969. The quantitative estimate of drug-likeness (QED) is 0.503. The van der Waals surface area contributed by atoms with Crippen LogP contribution in [0.2, 0.25) is 0 Å². The molecule has 0 saturated carbocycles. The first-order chi connectivity index (χ1) is 9.88. The highest BCUT2D eigenvalue weighted by Crippen LogP contribution is 2.32. The standard InChI is InChI=1S/C13H9F3N2O2S/c14-13(15,16)9-5-7-10(8-6-9)17-21-12-4-2-1-3-11(12)18(19)20/h1-8,17H. The lowest BCUT2D eigenvalue weighted by Gasteiger charge is -2.09. The average Bonchev–Trinajstić information content (AvgIpc) is 2.45. The monoisotopic (exact) mass is 314 g/mol. The van der Waals surface area contributed by atoms with Crippen molar-refractivity contribution in [2.45, 2.75) is 11.1 Å². The molecule has 0 spiro atoms. The van der Waals surface area contributed by atoms with Crippen LogP contribution in [0.4, 0.5) is 24.5 Å². The number of anilines is 1. The third-order valence-corrected chi connectivity index (χ3v) is 3.46. The minimum atomic E-state index is -4.39. The van der Waals surface area contributed by atoms with E-state index in [9.17, 15) is 23.3 Å². The predicted octanol–water partition coefficient (Wildman–Crippen LogP) is 4.73. The van der Waals surface area contributed by atoms with Crippen molar-refractivity contribution >= 4 is 23.3 Å². The van der Waals surface area contributed by atoms with Crippen LogP contribution < -0.4 is 4.72 Å². The van der Waals surface area contributed by atoms with Gasteiger partial charge in [0.15, 0.2) is 0 Å². The lowest BCUT2D eigenvalue weighted by atomic mass is 10.2. The molecule has 0 aliphatic carbocycles. The van der Waals surface area contributed by atoms with Crippen LogP contribution >= 0.6 is 11.9 Å². The van der Waals surface area contributed by atoms with E-state index in [-0.39, 0.29) is 5.69 Å². The van der Waals surface area contributed by atoms with Gasteiger partial charge in [-0.15, -0.1) is 0 Å². The van der Waals surface area contributed by atoms with Gasteiger partial charge in [0.05, 0.1) is 10.5 Å². The SMILES string of the molecule is O=[N+]([O-])c1ccccc1SNc1ccc(C(F)(F)F)cc1. The molecule has 0 unspecified atom stereocenters. The van der Waals surface area contributed by atoms with Gasteiger partial charge in [-0.1, -0.05) is 12.1 Å². The number of rotatable bonds is 4. The first kappa shape index (κ1) is 15.2. The fourth-order valence-corrected chi connectivity index (χ4v) is 2.29. The number of hydrogen-bond acceptors (Lipinski definition) is 4. The van der Waals surface area contributed by atoms with Gasteiger partial charge >= 0.3 is 6.18 Å². The zero-order chi connectivity index (χ0) is 15.5. The molecule has 0 radical (unpaired) electrons. The maximum absolute atomic E-state index is 12.4. The predicted molar refractivity (Wildman–Crippen MR) is 74.0 cm³/mol. The van der Waals surface area contributed by atoms with E-state index < -0.39 is 16.7 Å². The molecule has 0 aliphatic rings. The molecule has 0 saturated heterocycles. The Balaban J connectivity index is 2.09. The summed E-state index contributed by atoms with van der Waals surface area (Å²) in [6.07, 6.45) is -4.39. The highest BCUT2D eigenvalue weighted by molar-refractivity contribution is 8.00. The minimum Gasteiger partial charge on any atom is -0.325 e. The number of hydrogen-bond donors (Lipinski definition) is 1. The van der Waals surface area contributed by atoms with Crippen molar-refractivity contribution in [3.8, 4) is 0 Å². The third kappa shape index (κ3) is 3.88. The zero-order valence-corrected chi connectivity index (χ0v) is 11.2. The molecule has 0 fully saturated rings. The molecule has 2 aromatic carbocycles. The molecule has 0 amide bonds. The van der Waals surface area contributed by atoms with Crippen LogP contribution in [0.1, 0.15) is 5.56 Å². The Morgan fingerprint density at radius 1 is 1.05 bits per heavy atom. The van der Waals surface area contributed by atoms with Crippen molar-refractivity contribution in [1.29, 1.82) is 0 Å². The maximum atomic E-state index is 12.4. The van der Waals surface area contributed by atoms with Gasteiger partial charge in [0.1, 0.15) is 4.90 Å². The van der Waals surface area contributed by atoms with E-state index in [1.54, 1.807) is 18.2 Å². The smallest absolute Gasteiger partial charge is 0.325 e. The number of halogens is 3. The van der Waals surface area contributed by atoms with E-state index in [0.29, 0.717) is 10.6 Å². The highest BCUT2D eigenvalue weighted by atomic mass is 32.2. The molecule has 0 aliphatic heterocycles. The van der Waals surface area contributed by atoms with Gasteiger partial charge in [-0.25, -0.2) is 0 Å². The molecule has 0 aromatic heterocycles. The number of para-hydroxylation sites is 1. The molecule has 110 valence electrons. The van der Waals surface area contributed by atoms with Gasteiger partial charge in [-0.2, -0.15) is 13.2 Å². The van der Waals surface area contributed by atoms with Crippen LogP contribution in [0.25, 0.3) is 0 Å². The lowest BCUT2D eigenvalue weighted by Crippen LogP contribution is -2.04. The van der Waals surface area contributed by atoms with E-state index in [4.69, 9.17) is 0 Å². The Bertz CT molecular complexity index is 645. The highest BCUT2D eigenvalue weighted by Gasteiger charge is 2.29. The average molecular weight is 314 g/mol. The molecule has 0 bridgehead atoms. The summed E-state index contributed by atoms with van der Waals surface area (Å²) in [4.78, 5) is 10.7. The second kappa shape index (κ2) is 6.04. The van der Waals surface area contributed by atoms with Gasteiger partial charge in [0, 0.05) is 11.8 Å². The van der Waals surface area contributed by atoms with Crippen LogP contribution in [0.5, 0.6) is 0 Å². The van der Waals surface area contributed by atoms with Crippen molar-refractivity contribution in [2.75, 3.05) is 4.72 Å². The molecule has 4 nitrogen and oxygen atoms in total. The van der Waals surface area contributed by atoms with Crippen molar-refractivity contribution in [1.82, 2.24) is 0 Å². The number of nitrogens with one attached hydrogen (secondary N) is 1. The van der Waals surface area contributed by atoms with E-state index in [1.165, 1.54) is 18.2 Å². The molecule has 0 atom stereocenters. The zero-order valence-electron chi connectivity index (χ0n) is 10.4. The first-order valence-corrected chi connectivity index (χ1v) is 6.53. The number of nitro groups is 1. The second-order valence-electron chi connectivity index (χ2n) is 4.00. The van der Waals surface area contributed by atoms with Crippen LogP contribution in [-0.4, -0.2) is 4.92 Å². The molecule has 21 heavy (non-hydrogen) atoms. The van der Waals surface area contributed by atoms with E-state index in [0.717, 1.165) is 24.1 Å². The van der Waals surface area contributed by atoms with Crippen molar-refractivity contribution in [3.63, 3.8) is 0 Å². The van der Waals surface area contributed by atoms with Gasteiger partial charge in [0.2, 0.25) is 0 Å². The second-order valence-corrected chi connectivity index (χ2v) is 4.85. The Morgan fingerprint density at radius 3 is 2.24 bits per heavy atom. The largest absolute Gasteiger partial charge is 0.416 e. The maximum Gasteiger partial charge on any atom is 0.416 e. The van der Waals surface area contributed by atoms with Crippen molar-refractivity contribution in [2.24, 2.45) is 0 Å². The van der Waals surface area contributed by atoms with E-state index >= 15 is 0 Å².